The van der Waals surface area contributed by atoms with Gasteiger partial charge in [0, 0.05) is 16.3 Å². The summed E-state index contributed by atoms with van der Waals surface area (Å²) >= 11 is 5.92. The second-order valence-electron chi connectivity index (χ2n) is 6.69. The Morgan fingerprint density at radius 3 is 2.44 bits per heavy atom. The van der Waals surface area contributed by atoms with Crippen molar-refractivity contribution >= 4 is 29.2 Å². The lowest BCUT2D eigenvalue weighted by Crippen LogP contribution is -2.31. The summed E-state index contributed by atoms with van der Waals surface area (Å²) in [5, 5.41) is 2.98. The standard InChI is InChI=1S/C21H23ClFNO3/c1-12(2)15-8-5-7-13(3)20(15)24-21(26)14(4)27-19(25)11-16-17(22)9-6-10-18(16)23/h5-10,12,14H,11H2,1-4H3,(H,24,26)/t14-/m1/s1. The summed E-state index contributed by atoms with van der Waals surface area (Å²) in [5.41, 5.74) is 2.70. The third kappa shape index (κ3) is 5.30. The fourth-order valence-electron chi connectivity index (χ4n) is 2.71. The van der Waals surface area contributed by atoms with E-state index in [-0.39, 0.29) is 22.9 Å². The number of esters is 1. The first kappa shape index (κ1) is 20.9. The minimum atomic E-state index is -1.03. The minimum absolute atomic E-state index is 0.0535. The zero-order chi connectivity index (χ0) is 20.1. The lowest BCUT2D eigenvalue weighted by molar-refractivity contribution is -0.152. The minimum Gasteiger partial charge on any atom is -0.452 e. The average molecular weight is 392 g/mol. The highest BCUT2D eigenvalue weighted by molar-refractivity contribution is 6.31. The molecule has 1 N–H and O–H groups in total. The molecule has 0 bridgehead atoms. The topological polar surface area (TPSA) is 55.4 Å². The van der Waals surface area contributed by atoms with E-state index in [0.717, 1.165) is 16.8 Å². The van der Waals surface area contributed by atoms with Gasteiger partial charge in [-0.25, -0.2) is 4.39 Å². The van der Waals surface area contributed by atoms with Gasteiger partial charge in [-0.05, 0) is 43.0 Å². The highest BCUT2D eigenvalue weighted by atomic mass is 35.5. The Balaban J connectivity index is 2.05. The van der Waals surface area contributed by atoms with Gasteiger partial charge >= 0.3 is 5.97 Å². The molecule has 0 aliphatic rings. The predicted octanol–water partition coefficient (Wildman–Crippen LogP) is 5.02. The fraction of sp³-hybridized carbons (Fsp3) is 0.333. The number of carbonyl (C=O) groups excluding carboxylic acids is 2. The lowest BCUT2D eigenvalue weighted by atomic mass is 9.98. The van der Waals surface area contributed by atoms with Crippen LogP contribution in [0.15, 0.2) is 36.4 Å². The first-order chi connectivity index (χ1) is 12.7. The maximum atomic E-state index is 13.8. The summed E-state index contributed by atoms with van der Waals surface area (Å²) in [5.74, 6) is -1.53. The summed E-state index contributed by atoms with van der Waals surface area (Å²) < 4.78 is 18.9. The van der Waals surface area contributed by atoms with Crippen molar-refractivity contribution in [2.24, 2.45) is 0 Å². The van der Waals surface area contributed by atoms with Crippen molar-refractivity contribution in [1.82, 2.24) is 0 Å². The average Bonchev–Trinajstić information content (AvgIpc) is 2.59. The molecule has 1 atom stereocenters. The third-order valence-corrected chi connectivity index (χ3v) is 4.59. The zero-order valence-corrected chi connectivity index (χ0v) is 16.6. The van der Waals surface area contributed by atoms with Gasteiger partial charge in [-0.3, -0.25) is 9.59 Å². The number of nitrogens with one attached hydrogen (secondary N) is 1. The van der Waals surface area contributed by atoms with Gasteiger partial charge in [0.2, 0.25) is 0 Å². The van der Waals surface area contributed by atoms with Crippen LogP contribution in [0.1, 0.15) is 43.4 Å². The van der Waals surface area contributed by atoms with Crippen molar-refractivity contribution in [2.45, 2.75) is 46.1 Å². The summed E-state index contributed by atoms with van der Waals surface area (Å²) in [6, 6.07) is 9.95. The van der Waals surface area contributed by atoms with Crippen molar-refractivity contribution in [1.29, 1.82) is 0 Å². The van der Waals surface area contributed by atoms with Gasteiger partial charge in [0.25, 0.3) is 5.91 Å². The van der Waals surface area contributed by atoms with Gasteiger partial charge in [0.05, 0.1) is 6.42 Å². The molecule has 2 aromatic rings. The van der Waals surface area contributed by atoms with Gasteiger partial charge in [-0.2, -0.15) is 0 Å². The largest absolute Gasteiger partial charge is 0.452 e. The number of aryl methyl sites for hydroxylation is 1. The Kier molecular flexibility index (Phi) is 6.97. The van der Waals surface area contributed by atoms with Crippen molar-refractivity contribution in [3.8, 4) is 0 Å². The number of benzene rings is 2. The Hall–Kier alpha value is -2.40. The maximum absolute atomic E-state index is 13.8. The molecule has 0 aliphatic heterocycles. The molecule has 2 rings (SSSR count). The zero-order valence-electron chi connectivity index (χ0n) is 15.8. The first-order valence-electron chi connectivity index (χ1n) is 8.73. The van der Waals surface area contributed by atoms with Crippen LogP contribution < -0.4 is 5.32 Å². The molecule has 6 heteroatoms. The highest BCUT2D eigenvalue weighted by Crippen LogP contribution is 2.27. The number of carbonyl (C=O) groups is 2. The number of rotatable bonds is 6. The van der Waals surface area contributed by atoms with E-state index in [4.69, 9.17) is 16.3 Å². The quantitative estimate of drug-likeness (QED) is 0.703. The van der Waals surface area contributed by atoms with E-state index in [9.17, 15) is 14.0 Å². The van der Waals surface area contributed by atoms with E-state index >= 15 is 0 Å². The summed E-state index contributed by atoms with van der Waals surface area (Å²) in [4.78, 5) is 24.6. The van der Waals surface area contributed by atoms with Crippen LogP contribution in [0, 0.1) is 12.7 Å². The molecule has 0 spiro atoms. The Labute approximate surface area is 163 Å². The van der Waals surface area contributed by atoms with E-state index < -0.39 is 23.8 Å². The number of amides is 1. The molecule has 27 heavy (non-hydrogen) atoms. The molecule has 0 fully saturated rings. The normalized spacial score (nSPS) is 12.0. The van der Waals surface area contributed by atoms with Crippen molar-refractivity contribution in [3.05, 3.63) is 63.9 Å². The summed E-state index contributed by atoms with van der Waals surface area (Å²) in [6.45, 7) is 7.44. The number of hydrogen-bond donors (Lipinski definition) is 1. The van der Waals surface area contributed by atoms with Crippen molar-refractivity contribution in [2.75, 3.05) is 5.32 Å². The number of ether oxygens (including phenoxy) is 1. The van der Waals surface area contributed by atoms with Gasteiger partial charge in [-0.15, -0.1) is 0 Å². The van der Waals surface area contributed by atoms with Crippen LogP contribution in [-0.4, -0.2) is 18.0 Å². The Morgan fingerprint density at radius 2 is 1.81 bits per heavy atom. The van der Waals surface area contributed by atoms with Crippen molar-refractivity contribution in [3.63, 3.8) is 0 Å². The lowest BCUT2D eigenvalue weighted by Gasteiger charge is -2.19. The number of hydrogen-bond acceptors (Lipinski definition) is 3. The molecule has 144 valence electrons. The SMILES string of the molecule is Cc1cccc(C(C)C)c1NC(=O)[C@@H](C)OC(=O)Cc1c(F)cccc1Cl. The van der Waals surface area contributed by atoms with E-state index in [1.807, 2.05) is 39.0 Å². The monoisotopic (exact) mass is 391 g/mol. The van der Waals surface area contributed by atoms with Crippen LogP contribution >= 0.6 is 11.6 Å². The number of anilines is 1. The molecule has 0 aromatic heterocycles. The van der Waals surface area contributed by atoms with E-state index in [2.05, 4.69) is 5.32 Å². The molecular formula is C21H23ClFNO3. The summed E-state index contributed by atoms with van der Waals surface area (Å²) in [7, 11) is 0. The van der Waals surface area contributed by atoms with Crippen LogP contribution in [0.3, 0.4) is 0 Å². The van der Waals surface area contributed by atoms with Gasteiger partial charge < -0.3 is 10.1 Å². The predicted molar refractivity (Wildman–Crippen MR) is 105 cm³/mol. The molecule has 4 nitrogen and oxygen atoms in total. The molecule has 2 aromatic carbocycles. The first-order valence-corrected chi connectivity index (χ1v) is 9.11. The molecule has 0 radical (unpaired) electrons. The number of halogens is 2. The van der Waals surface area contributed by atoms with E-state index in [1.54, 1.807) is 0 Å². The molecule has 1 amide bonds. The van der Waals surface area contributed by atoms with Gasteiger partial charge in [0.1, 0.15) is 5.82 Å². The molecule has 0 unspecified atom stereocenters. The fourth-order valence-corrected chi connectivity index (χ4v) is 2.93. The Morgan fingerprint density at radius 1 is 1.15 bits per heavy atom. The van der Waals surface area contributed by atoms with Crippen LogP contribution in [0.5, 0.6) is 0 Å². The molecule has 0 heterocycles. The molecule has 0 aliphatic carbocycles. The highest BCUT2D eigenvalue weighted by Gasteiger charge is 2.22. The van der Waals surface area contributed by atoms with Crippen LogP contribution in [0.2, 0.25) is 5.02 Å². The molecular weight excluding hydrogens is 369 g/mol. The maximum Gasteiger partial charge on any atom is 0.311 e. The smallest absolute Gasteiger partial charge is 0.311 e. The van der Waals surface area contributed by atoms with Gasteiger partial charge in [-0.1, -0.05) is 49.7 Å². The second-order valence-corrected chi connectivity index (χ2v) is 7.10. The second kappa shape index (κ2) is 9.00. The number of para-hydroxylation sites is 1. The van der Waals surface area contributed by atoms with E-state index in [0.29, 0.717) is 0 Å². The van der Waals surface area contributed by atoms with E-state index in [1.165, 1.54) is 25.1 Å². The molecule has 0 saturated carbocycles. The Bertz CT molecular complexity index is 831. The van der Waals surface area contributed by atoms with Crippen LogP contribution in [0.4, 0.5) is 10.1 Å². The summed E-state index contributed by atoms with van der Waals surface area (Å²) in [6.07, 6.45) is -1.37. The molecule has 0 saturated heterocycles. The third-order valence-electron chi connectivity index (χ3n) is 4.24. The van der Waals surface area contributed by atoms with Gasteiger partial charge in [0.15, 0.2) is 6.10 Å². The van der Waals surface area contributed by atoms with Crippen molar-refractivity contribution < 1.29 is 18.7 Å². The van der Waals surface area contributed by atoms with Crippen LogP contribution in [0.25, 0.3) is 0 Å². The van der Waals surface area contributed by atoms with Crippen LogP contribution in [-0.2, 0) is 20.7 Å².